The molecule has 8 heteroatoms. The zero-order chi connectivity index (χ0) is 19.3. The van der Waals surface area contributed by atoms with E-state index in [-0.39, 0.29) is 16.8 Å². The summed E-state index contributed by atoms with van der Waals surface area (Å²) in [6, 6.07) is 11.8. The van der Waals surface area contributed by atoms with Crippen LogP contribution >= 0.6 is 0 Å². The Labute approximate surface area is 147 Å². The summed E-state index contributed by atoms with van der Waals surface area (Å²) >= 11 is 0. The third-order valence-electron chi connectivity index (χ3n) is 3.38. The third-order valence-corrected chi connectivity index (χ3v) is 3.38. The molecule has 2 rings (SSSR count). The van der Waals surface area contributed by atoms with Gasteiger partial charge >= 0.3 is 12.1 Å². The summed E-state index contributed by atoms with van der Waals surface area (Å²) in [5.41, 5.74) is -0.858. The number of anilines is 1. The molecule has 2 aromatic carbocycles. The van der Waals surface area contributed by atoms with Crippen LogP contribution in [0.25, 0.3) is 0 Å². The van der Waals surface area contributed by atoms with Crippen molar-refractivity contribution in [1.82, 2.24) is 0 Å². The topological polar surface area (TPSA) is 79.2 Å². The highest BCUT2D eigenvalue weighted by atomic mass is 19.4. The molecule has 0 saturated carbocycles. The lowest BCUT2D eigenvalue weighted by atomic mass is 10.1. The molecule has 1 amide bonds. The van der Waals surface area contributed by atoms with Gasteiger partial charge in [0.15, 0.2) is 6.10 Å². The standard InChI is InChI=1S/C18H13F3N2O3/c1-11(16(24)23-15-8-3-2-5-13(15)10-22)26-17(25)12-6-4-7-14(9-12)18(19,20)21/h2-9,11H,1H3,(H,23,24)/t11-/m0/s1. The number of hydrogen-bond donors (Lipinski definition) is 1. The molecule has 0 saturated heterocycles. The Balaban J connectivity index is 2.07. The quantitative estimate of drug-likeness (QED) is 0.840. The summed E-state index contributed by atoms with van der Waals surface area (Å²) in [6.07, 6.45) is -5.87. The number of nitriles is 1. The van der Waals surface area contributed by atoms with Gasteiger partial charge in [0.05, 0.1) is 22.4 Å². The van der Waals surface area contributed by atoms with Crippen molar-refractivity contribution in [2.75, 3.05) is 5.32 Å². The normalized spacial score (nSPS) is 12.0. The highest BCUT2D eigenvalue weighted by molar-refractivity contribution is 5.98. The third kappa shape index (κ3) is 4.60. The Bertz CT molecular complexity index is 872. The molecule has 0 aliphatic heterocycles. The molecule has 2 aromatic rings. The van der Waals surface area contributed by atoms with Crippen molar-refractivity contribution < 1.29 is 27.5 Å². The van der Waals surface area contributed by atoms with Crippen LogP contribution in [0.2, 0.25) is 0 Å². The molecule has 0 fully saturated rings. The van der Waals surface area contributed by atoms with Crippen molar-refractivity contribution >= 4 is 17.6 Å². The Morgan fingerprint density at radius 1 is 1.15 bits per heavy atom. The van der Waals surface area contributed by atoms with Gasteiger partial charge in [-0.1, -0.05) is 18.2 Å². The van der Waals surface area contributed by atoms with Crippen molar-refractivity contribution in [2.24, 2.45) is 0 Å². The van der Waals surface area contributed by atoms with Gasteiger partial charge in [-0.15, -0.1) is 0 Å². The maximum absolute atomic E-state index is 12.7. The molecule has 0 aliphatic rings. The number of para-hydroxylation sites is 1. The molecule has 1 atom stereocenters. The Morgan fingerprint density at radius 2 is 1.85 bits per heavy atom. The first-order valence-electron chi connectivity index (χ1n) is 7.40. The number of esters is 1. The minimum absolute atomic E-state index is 0.220. The molecule has 1 N–H and O–H groups in total. The molecule has 0 heterocycles. The Morgan fingerprint density at radius 3 is 2.50 bits per heavy atom. The summed E-state index contributed by atoms with van der Waals surface area (Å²) in [5, 5.41) is 11.4. The number of alkyl halides is 3. The summed E-state index contributed by atoms with van der Waals surface area (Å²) in [5.74, 6) is -1.78. The van der Waals surface area contributed by atoms with E-state index in [1.807, 2.05) is 6.07 Å². The maximum Gasteiger partial charge on any atom is 0.416 e. The molecule has 0 unspecified atom stereocenters. The lowest BCUT2D eigenvalue weighted by molar-refractivity contribution is -0.137. The number of ether oxygens (including phenoxy) is 1. The molecular formula is C18H13F3N2O3. The van der Waals surface area contributed by atoms with Gasteiger partial charge in [-0.3, -0.25) is 4.79 Å². The second kappa shape index (κ2) is 7.70. The van der Waals surface area contributed by atoms with Gasteiger partial charge in [0.2, 0.25) is 0 Å². The summed E-state index contributed by atoms with van der Waals surface area (Å²) in [4.78, 5) is 24.1. The lowest BCUT2D eigenvalue weighted by Crippen LogP contribution is -2.30. The molecular weight excluding hydrogens is 349 g/mol. The number of hydrogen-bond acceptors (Lipinski definition) is 4. The summed E-state index contributed by atoms with van der Waals surface area (Å²) < 4.78 is 43.0. The second-order valence-electron chi connectivity index (χ2n) is 5.27. The molecule has 0 aliphatic carbocycles. The van der Waals surface area contributed by atoms with Crippen molar-refractivity contribution in [3.05, 3.63) is 65.2 Å². The minimum Gasteiger partial charge on any atom is -0.449 e. The van der Waals surface area contributed by atoms with E-state index < -0.39 is 29.7 Å². The van der Waals surface area contributed by atoms with Crippen LogP contribution in [0.5, 0.6) is 0 Å². The Hall–Kier alpha value is -3.34. The van der Waals surface area contributed by atoms with Crippen molar-refractivity contribution in [3.8, 4) is 6.07 Å². The van der Waals surface area contributed by atoms with E-state index in [4.69, 9.17) is 10.00 Å². The van der Waals surface area contributed by atoms with E-state index in [0.29, 0.717) is 6.07 Å². The van der Waals surface area contributed by atoms with Crippen molar-refractivity contribution in [3.63, 3.8) is 0 Å². The molecule has 0 spiro atoms. The summed E-state index contributed by atoms with van der Waals surface area (Å²) in [6.45, 7) is 1.27. The lowest BCUT2D eigenvalue weighted by Gasteiger charge is -2.15. The van der Waals surface area contributed by atoms with Gasteiger partial charge in [-0.05, 0) is 37.3 Å². The molecule has 26 heavy (non-hydrogen) atoms. The van der Waals surface area contributed by atoms with Crippen LogP contribution in [0.1, 0.15) is 28.4 Å². The van der Waals surface area contributed by atoms with E-state index in [1.165, 1.54) is 19.1 Å². The van der Waals surface area contributed by atoms with E-state index in [2.05, 4.69) is 5.32 Å². The fourth-order valence-electron chi connectivity index (χ4n) is 2.03. The fraction of sp³-hybridized carbons (Fsp3) is 0.167. The van der Waals surface area contributed by atoms with E-state index in [0.717, 1.165) is 18.2 Å². The van der Waals surface area contributed by atoms with Crippen molar-refractivity contribution in [1.29, 1.82) is 5.26 Å². The van der Waals surface area contributed by atoms with Crippen LogP contribution in [0, 0.1) is 11.3 Å². The van der Waals surface area contributed by atoms with Gasteiger partial charge in [-0.25, -0.2) is 4.79 Å². The smallest absolute Gasteiger partial charge is 0.416 e. The van der Waals surface area contributed by atoms with Crippen LogP contribution in [0.3, 0.4) is 0 Å². The van der Waals surface area contributed by atoms with Crippen molar-refractivity contribution in [2.45, 2.75) is 19.2 Å². The number of carbonyl (C=O) groups is 2. The van der Waals surface area contributed by atoms with Crippen LogP contribution in [-0.4, -0.2) is 18.0 Å². The zero-order valence-electron chi connectivity index (χ0n) is 13.5. The summed E-state index contributed by atoms with van der Waals surface area (Å²) in [7, 11) is 0. The first-order chi connectivity index (χ1) is 12.2. The van der Waals surface area contributed by atoms with Gasteiger partial charge < -0.3 is 10.1 Å². The van der Waals surface area contributed by atoms with Gasteiger partial charge in [-0.2, -0.15) is 18.4 Å². The van der Waals surface area contributed by atoms with Crippen LogP contribution < -0.4 is 5.32 Å². The van der Waals surface area contributed by atoms with Crippen LogP contribution in [0.15, 0.2) is 48.5 Å². The average molecular weight is 362 g/mol. The van der Waals surface area contributed by atoms with E-state index in [9.17, 15) is 22.8 Å². The monoisotopic (exact) mass is 362 g/mol. The first-order valence-corrected chi connectivity index (χ1v) is 7.40. The first kappa shape index (κ1) is 19.0. The number of rotatable bonds is 4. The van der Waals surface area contributed by atoms with Crippen LogP contribution in [-0.2, 0) is 15.7 Å². The van der Waals surface area contributed by atoms with Crippen LogP contribution in [0.4, 0.5) is 18.9 Å². The van der Waals surface area contributed by atoms with Gasteiger partial charge in [0.25, 0.3) is 5.91 Å². The number of amides is 1. The predicted octanol–water partition coefficient (Wildman–Crippen LogP) is 3.76. The fourth-order valence-corrected chi connectivity index (χ4v) is 2.03. The number of benzene rings is 2. The number of halogens is 3. The Kier molecular flexibility index (Phi) is 5.62. The van der Waals surface area contributed by atoms with E-state index >= 15 is 0 Å². The maximum atomic E-state index is 12.7. The van der Waals surface area contributed by atoms with Gasteiger partial charge in [0.1, 0.15) is 6.07 Å². The number of carbonyl (C=O) groups excluding carboxylic acids is 2. The number of nitrogens with one attached hydrogen (secondary N) is 1. The molecule has 0 radical (unpaired) electrons. The molecule has 0 aromatic heterocycles. The number of nitrogens with zero attached hydrogens (tertiary/aromatic N) is 1. The minimum atomic E-state index is -4.60. The highest BCUT2D eigenvalue weighted by Gasteiger charge is 2.31. The molecule has 134 valence electrons. The predicted molar refractivity (Wildman–Crippen MR) is 86.1 cm³/mol. The highest BCUT2D eigenvalue weighted by Crippen LogP contribution is 2.29. The molecule has 5 nitrogen and oxygen atoms in total. The SMILES string of the molecule is C[C@H](OC(=O)c1cccc(C(F)(F)F)c1)C(=O)Nc1ccccc1C#N. The van der Waals surface area contributed by atoms with E-state index in [1.54, 1.807) is 12.1 Å². The van der Waals surface area contributed by atoms with Gasteiger partial charge in [0, 0.05) is 0 Å². The zero-order valence-corrected chi connectivity index (χ0v) is 13.5. The average Bonchev–Trinajstić information content (AvgIpc) is 2.61. The largest absolute Gasteiger partial charge is 0.449 e. The molecule has 0 bridgehead atoms. The second-order valence-corrected chi connectivity index (χ2v) is 5.27.